The third kappa shape index (κ3) is 2.91. The molecule has 0 saturated carbocycles. The zero-order valence-corrected chi connectivity index (χ0v) is 9.62. The fourth-order valence-corrected chi connectivity index (χ4v) is 2.05. The molecule has 1 aromatic carbocycles. The zero-order chi connectivity index (χ0) is 10.7. The molecule has 0 unspecified atom stereocenters. The molecule has 0 bridgehead atoms. The van der Waals surface area contributed by atoms with Crippen LogP contribution in [0.5, 0.6) is 0 Å². The van der Waals surface area contributed by atoms with E-state index in [4.69, 9.17) is 5.73 Å². The molecule has 0 aromatic heterocycles. The first-order valence-electron chi connectivity index (χ1n) is 4.69. The van der Waals surface area contributed by atoms with Crippen LogP contribution in [0.1, 0.15) is 19.4 Å². The second-order valence-corrected chi connectivity index (χ2v) is 4.91. The Bertz CT molecular complexity index is 323. The lowest BCUT2D eigenvalue weighted by Gasteiger charge is -2.08. The van der Waals surface area contributed by atoms with Gasteiger partial charge in [0.05, 0.1) is 0 Å². The molecule has 0 saturated heterocycles. The van der Waals surface area contributed by atoms with Crippen LogP contribution in [0, 0.1) is 18.7 Å². The van der Waals surface area contributed by atoms with Crippen molar-refractivity contribution in [1.29, 1.82) is 0 Å². The SMILES string of the molecule is Cc1cc(SCC(C)C)c(N)cc1F. The number of rotatable bonds is 3. The van der Waals surface area contributed by atoms with Crippen molar-refractivity contribution in [2.75, 3.05) is 11.5 Å². The molecule has 3 heteroatoms. The number of nitrogen functional groups attached to an aromatic ring is 1. The van der Waals surface area contributed by atoms with Crippen molar-refractivity contribution in [1.82, 2.24) is 0 Å². The number of hydrogen-bond acceptors (Lipinski definition) is 2. The van der Waals surface area contributed by atoms with Crippen molar-refractivity contribution >= 4 is 17.4 Å². The molecule has 1 aromatic rings. The van der Waals surface area contributed by atoms with Gasteiger partial charge in [0, 0.05) is 16.3 Å². The van der Waals surface area contributed by atoms with Crippen molar-refractivity contribution < 1.29 is 4.39 Å². The maximum atomic E-state index is 13.1. The highest BCUT2D eigenvalue weighted by atomic mass is 32.2. The van der Waals surface area contributed by atoms with Gasteiger partial charge in [-0.15, -0.1) is 11.8 Å². The van der Waals surface area contributed by atoms with Gasteiger partial charge in [0.25, 0.3) is 0 Å². The Kier molecular flexibility index (Phi) is 3.81. The normalized spacial score (nSPS) is 10.9. The highest BCUT2D eigenvalue weighted by molar-refractivity contribution is 7.99. The number of aryl methyl sites for hydroxylation is 1. The van der Waals surface area contributed by atoms with E-state index in [9.17, 15) is 4.39 Å². The minimum atomic E-state index is -0.226. The lowest BCUT2D eigenvalue weighted by atomic mass is 10.2. The Labute approximate surface area is 88.9 Å². The topological polar surface area (TPSA) is 26.0 Å². The number of halogens is 1. The molecule has 1 nitrogen and oxygen atoms in total. The molecule has 0 amide bonds. The predicted octanol–water partition coefficient (Wildman–Crippen LogP) is 3.46. The molecule has 0 heterocycles. The summed E-state index contributed by atoms with van der Waals surface area (Å²) in [6, 6.07) is 3.22. The van der Waals surface area contributed by atoms with Crippen LogP contribution in [0.4, 0.5) is 10.1 Å². The molecule has 0 aliphatic heterocycles. The standard InChI is InChI=1S/C11H16FNS/c1-7(2)6-14-11-4-8(3)9(12)5-10(11)13/h4-5,7H,6,13H2,1-3H3. The summed E-state index contributed by atoms with van der Waals surface area (Å²) in [7, 11) is 0. The summed E-state index contributed by atoms with van der Waals surface area (Å²) in [6.45, 7) is 6.06. The van der Waals surface area contributed by atoms with Crippen molar-refractivity contribution in [3.8, 4) is 0 Å². The summed E-state index contributed by atoms with van der Waals surface area (Å²) < 4.78 is 13.1. The van der Waals surface area contributed by atoms with Gasteiger partial charge in [-0.1, -0.05) is 13.8 Å². The lowest BCUT2D eigenvalue weighted by Crippen LogP contribution is -1.96. The predicted molar refractivity (Wildman–Crippen MR) is 61.1 cm³/mol. The van der Waals surface area contributed by atoms with Gasteiger partial charge in [0.1, 0.15) is 5.82 Å². The molecule has 14 heavy (non-hydrogen) atoms. The number of thioether (sulfide) groups is 1. The van der Waals surface area contributed by atoms with Crippen LogP contribution in [-0.4, -0.2) is 5.75 Å². The Morgan fingerprint density at radius 3 is 2.64 bits per heavy atom. The van der Waals surface area contributed by atoms with E-state index in [-0.39, 0.29) is 5.82 Å². The van der Waals surface area contributed by atoms with E-state index in [0.29, 0.717) is 17.2 Å². The monoisotopic (exact) mass is 213 g/mol. The molecular formula is C11H16FNS. The summed E-state index contributed by atoms with van der Waals surface area (Å²) in [5.41, 5.74) is 6.91. The summed E-state index contributed by atoms with van der Waals surface area (Å²) in [5.74, 6) is 1.40. The molecule has 0 spiro atoms. The smallest absolute Gasteiger partial charge is 0.128 e. The van der Waals surface area contributed by atoms with E-state index in [1.165, 1.54) is 6.07 Å². The van der Waals surface area contributed by atoms with Gasteiger partial charge < -0.3 is 5.73 Å². The molecule has 0 radical (unpaired) electrons. The maximum Gasteiger partial charge on any atom is 0.128 e. The average Bonchev–Trinajstić information content (AvgIpc) is 2.09. The highest BCUT2D eigenvalue weighted by Crippen LogP contribution is 2.28. The van der Waals surface area contributed by atoms with Gasteiger partial charge in [-0.2, -0.15) is 0 Å². The minimum Gasteiger partial charge on any atom is -0.398 e. The van der Waals surface area contributed by atoms with Crippen molar-refractivity contribution in [3.05, 3.63) is 23.5 Å². The third-order valence-electron chi connectivity index (χ3n) is 1.86. The van der Waals surface area contributed by atoms with Crippen LogP contribution >= 0.6 is 11.8 Å². The first-order valence-corrected chi connectivity index (χ1v) is 5.67. The fraction of sp³-hybridized carbons (Fsp3) is 0.455. The summed E-state index contributed by atoms with van der Waals surface area (Å²) >= 11 is 1.69. The Balaban J connectivity index is 2.82. The fourth-order valence-electron chi connectivity index (χ4n) is 1.05. The lowest BCUT2D eigenvalue weighted by molar-refractivity contribution is 0.618. The van der Waals surface area contributed by atoms with Crippen molar-refractivity contribution in [3.63, 3.8) is 0 Å². The number of hydrogen-bond donors (Lipinski definition) is 1. The molecule has 2 N–H and O–H groups in total. The van der Waals surface area contributed by atoms with Crippen LogP contribution in [0.15, 0.2) is 17.0 Å². The quantitative estimate of drug-likeness (QED) is 0.614. The van der Waals surface area contributed by atoms with E-state index >= 15 is 0 Å². The van der Waals surface area contributed by atoms with E-state index in [2.05, 4.69) is 13.8 Å². The molecule has 1 rings (SSSR count). The number of anilines is 1. The molecule has 78 valence electrons. The van der Waals surface area contributed by atoms with Crippen molar-refractivity contribution in [2.24, 2.45) is 5.92 Å². The van der Waals surface area contributed by atoms with E-state index in [1.807, 2.05) is 6.07 Å². The second kappa shape index (κ2) is 4.69. The van der Waals surface area contributed by atoms with Crippen LogP contribution in [0.3, 0.4) is 0 Å². The van der Waals surface area contributed by atoms with Crippen molar-refractivity contribution in [2.45, 2.75) is 25.7 Å². The second-order valence-electron chi connectivity index (χ2n) is 3.84. The van der Waals surface area contributed by atoms with Gasteiger partial charge in [0.2, 0.25) is 0 Å². The molecule has 0 atom stereocenters. The summed E-state index contributed by atoms with van der Waals surface area (Å²) in [4.78, 5) is 0.984. The Morgan fingerprint density at radius 1 is 1.43 bits per heavy atom. The first-order chi connectivity index (χ1) is 6.50. The van der Waals surface area contributed by atoms with Gasteiger partial charge in [0.15, 0.2) is 0 Å². The van der Waals surface area contributed by atoms with Crippen LogP contribution in [0.2, 0.25) is 0 Å². The first kappa shape index (κ1) is 11.4. The Morgan fingerprint density at radius 2 is 2.07 bits per heavy atom. The highest BCUT2D eigenvalue weighted by Gasteiger charge is 2.06. The largest absolute Gasteiger partial charge is 0.398 e. The van der Waals surface area contributed by atoms with Gasteiger partial charge in [-0.05, 0) is 30.5 Å². The molecule has 0 aliphatic carbocycles. The van der Waals surface area contributed by atoms with Gasteiger partial charge in [-0.3, -0.25) is 0 Å². The van der Waals surface area contributed by atoms with E-state index < -0.39 is 0 Å². The maximum absolute atomic E-state index is 13.1. The van der Waals surface area contributed by atoms with E-state index in [1.54, 1.807) is 18.7 Å². The number of benzene rings is 1. The molecule has 0 aliphatic rings. The zero-order valence-electron chi connectivity index (χ0n) is 8.80. The number of nitrogens with two attached hydrogens (primary N) is 1. The molecule has 0 fully saturated rings. The van der Waals surface area contributed by atoms with Gasteiger partial charge >= 0.3 is 0 Å². The molecular weight excluding hydrogens is 197 g/mol. The van der Waals surface area contributed by atoms with Crippen LogP contribution < -0.4 is 5.73 Å². The minimum absolute atomic E-state index is 0.226. The van der Waals surface area contributed by atoms with Crippen LogP contribution in [0.25, 0.3) is 0 Å². The van der Waals surface area contributed by atoms with Gasteiger partial charge in [-0.25, -0.2) is 4.39 Å². The van der Waals surface area contributed by atoms with E-state index in [0.717, 1.165) is 10.6 Å². The average molecular weight is 213 g/mol. The Hall–Kier alpha value is -0.700. The summed E-state index contributed by atoms with van der Waals surface area (Å²) in [5, 5.41) is 0. The third-order valence-corrected chi connectivity index (χ3v) is 3.36. The van der Waals surface area contributed by atoms with Crippen LogP contribution in [-0.2, 0) is 0 Å². The summed E-state index contributed by atoms with van der Waals surface area (Å²) in [6.07, 6.45) is 0.